The SMILES string of the molecule is Cc1nnc(CSc2nnc(-c3ccc(C(C)(C)C)cc3)n2-c2ccc(Cl)cc2)o1. The summed E-state index contributed by atoms with van der Waals surface area (Å²) in [7, 11) is 0. The lowest BCUT2D eigenvalue weighted by molar-refractivity contribution is 0.485. The summed E-state index contributed by atoms with van der Waals surface area (Å²) < 4.78 is 7.51. The number of aromatic nitrogens is 5. The molecule has 0 saturated carbocycles. The van der Waals surface area contributed by atoms with Gasteiger partial charge in [-0.2, -0.15) is 0 Å². The highest BCUT2D eigenvalue weighted by atomic mass is 35.5. The van der Waals surface area contributed by atoms with Crippen molar-refractivity contribution < 1.29 is 4.42 Å². The Morgan fingerprint density at radius 1 is 0.933 bits per heavy atom. The van der Waals surface area contributed by atoms with Gasteiger partial charge in [0, 0.05) is 23.2 Å². The Labute approximate surface area is 184 Å². The number of aryl methyl sites for hydroxylation is 1. The minimum absolute atomic E-state index is 0.0889. The first-order chi connectivity index (χ1) is 14.3. The van der Waals surface area contributed by atoms with Gasteiger partial charge in [-0.05, 0) is 35.2 Å². The highest BCUT2D eigenvalue weighted by molar-refractivity contribution is 7.98. The van der Waals surface area contributed by atoms with Crippen LogP contribution < -0.4 is 0 Å². The molecule has 0 radical (unpaired) electrons. The van der Waals surface area contributed by atoms with Gasteiger partial charge in [0.15, 0.2) is 11.0 Å². The van der Waals surface area contributed by atoms with Crippen molar-refractivity contribution in [3.8, 4) is 17.1 Å². The zero-order valence-electron chi connectivity index (χ0n) is 17.3. The fourth-order valence-electron chi connectivity index (χ4n) is 3.01. The summed E-state index contributed by atoms with van der Waals surface area (Å²) in [5, 5.41) is 18.3. The van der Waals surface area contributed by atoms with Crippen LogP contribution in [-0.2, 0) is 11.2 Å². The number of hydrogen-bond acceptors (Lipinski definition) is 6. The molecule has 2 aromatic carbocycles. The van der Waals surface area contributed by atoms with Crippen molar-refractivity contribution in [1.29, 1.82) is 0 Å². The molecule has 0 unspecified atom stereocenters. The van der Waals surface area contributed by atoms with Gasteiger partial charge in [0.25, 0.3) is 0 Å². The van der Waals surface area contributed by atoms with E-state index in [4.69, 9.17) is 16.0 Å². The fourth-order valence-corrected chi connectivity index (χ4v) is 3.93. The second-order valence-electron chi connectivity index (χ2n) is 7.95. The summed E-state index contributed by atoms with van der Waals surface area (Å²) in [6.45, 7) is 8.38. The van der Waals surface area contributed by atoms with E-state index in [0.717, 1.165) is 22.2 Å². The Balaban J connectivity index is 1.72. The lowest BCUT2D eigenvalue weighted by Gasteiger charge is -2.19. The van der Waals surface area contributed by atoms with Crippen molar-refractivity contribution in [2.24, 2.45) is 0 Å². The molecule has 0 amide bonds. The molecule has 6 nitrogen and oxygen atoms in total. The molecule has 0 aliphatic rings. The Morgan fingerprint density at radius 3 is 2.23 bits per heavy atom. The van der Waals surface area contributed by atoms with Crippen LogP contribution in [0.5, 0.6) is 0 Å². The van der Waals surface area contributed by atoms with Crippen LogP contribution in [0.4, 0.5) is 0 Å². The minimum atomic E-state index is 0.0889. The van der Waals surface area contributed by atoms with E-state index in [2.05, 4.69) is 65.4 Å². The molecule has 154 valence electrons. The maximum Gasteiger partial charge on any atom is 0.226 e. The van der Waals surface area contributed by atoms with Gasteiger partial charge in [-0.15, -0.1) is 20.4 Å². The highest BCUT2D eigenvalue weighted by Gasteiger charge is 2.19. The molecule has 4 rings (SSSR count). The molecule has 4 aromatic rings. The number of rotatable bonds is 5. The molecule has 2 aromatic heterocycles. The Morgan fingerprint density at radius 2 is 1.63 bits per heavy atom. The van der Waals surface area contributed by atoms with Gasteiger partial charge in [0.2, 0.25) is 11.8 Å². The van der Waals surface area contributed by atoms with E-state index in [1.807, 2.05) is 28.8 Å². The lowest BCUT2D eigenvalue weighted by atomic mass is 9.87. The topological polar surface area (TPSA) is 69.6 Å². The Bertz CT molecular complexity index is 1140. The minimum Gasteiger partial charge on any atom is -0.425 e. The van der Waals surface area contributed by atoms with Crippen LogP contribution in [0, 0.1) is 6.92 Å². The maximum atomic E-state index is 6.10. The van der Waals surface area contributed by atoms with Crippen molar-refractivity contribution >= 4 is 23.4 Å². The second-order valence-corrected chi connectivity index (χ2v) is 9.33. The van der Waals surface area contributed by atoms with E-state index in [9.17, 15) is 0 Å². The van der Waals surface area contributed by atoms with Gasteiger partial charge in [-0.3, -0.25) is 4.57 Å². The smallest absolute Gasteiger partial charge is 0.226 e. The number of nitrogens with zero attached hydrogens (tertiary/aromatic N) is 5. The highest BCUT2D eigenvalue weighted by Crippen LogP contribution is 2.31. The number of hydrogen-bond donors (Lipinski definition) is 0. The molecular weight excluding hydrogens is 418 g/mol. The van der Waals surface area contributed by atoms with Crippen LogP contribution in [0.25, 0.3) is 17.1 Å². The molecule has 0 N–H and O–H groups in total. The molecular formula is C22H22ClN5OS. The average molecular weight is 440 g/mol. The molecule has 0 aliphatic heterocycles. The Kier molecular flexibility index (Phi) is 5.66. The average Bonchev–Trinajstić information content (AvgIpc) is 3.32. The molecule has 0 saturated heterocycles. The van der Waals surface area contributed by atoms with Crippen molar-refractivity contribution in [2.45, 2.75) is 44.0 Å². The van der Waals surface area contributed by atoms with E-state index < -0.39 is 0 Å². The summed E-state index contributed by atoms with van der Waals surface area (Å²) >= 11 is 7.60. The third-order valence-corrected chi connectivity index (χ3v) is 5.79. The van der Waals surface area contributed by atoms with E-state index in [0.29, 0.717) is 22.6 Å². The standard InChI is InChI=1S/C22H22ClN5OS/c1-14-24-25-19(29-14)13-30-21-27-26-20(28(21)18-11-9-17(23)10-12-18)15-5-7-16(8-6-15)22(2,3)4/h5-12H,13H2,1-4H3. The third kappa shape index (κ3) is 4.42. The first-order valence-corrected chi connectivity index (χ1v) is 10.9. The molecule has 0 atom stereocenters. The van der Waals surface area contributed by atoms with Crippen LogP contribution in [0.3, 0.4) is 0 Å². The van der Waals surface area contributed by atoms with Crippen LogP contribution >= 0.6 is 23.4 Å². The first-order valence-electron chi connectivity index (χ1n) is 9.55. The summed E-state index contributed by atoms with van der Waals surface area (Å²) in [4.78, 5) is 0. The second kappa shape index (κ2) is 8.24. The van der Waals surface area contributed by atoms with Gasteiger partial charge in [0.1, 0.15) is 0 Å². The Hall–Kier alpha value is -2.64. The lowest BCUT2D eigenvalue weighted by Crippen LogP contribution is -2.10. The summed E-state index contributed by atoms with van der Waals surface area (Å²) in [5.41, 5.74) is 3.28. The van der Waals surface area contributed by atoms with Gasteiger partial charge in [-0.25, -0.2) is 0 Å². The monoisotopic (exact) mass is 439 g/mol. The first kappa shape index (κ1) is 20.6. The zero-order chi connectivity index (χ0) is 21.3. The van der Waals surface area contributed by atoms with E-state index in [-0.39, 0.29) is 5.41 Å². The molecule has 2 heterocycles. The summed E-state index contributed by atoms with van der Waals surface area (Å²) in [6.07, 6.45) is 0. The van der Waals surface area contributed by atoms with E-state index in [1.165, 1.54) is 17.3 Å². The van der Waals surface area contributed by atoms with E-state index >= 15 is 0 Å². The van der Waals surface area contributed by atoms with Crippen molar-refractivity contribution in [2.75, 3.05) is 0 Å². The number of benzene rings is 2. The largest absolute Gasteiger partial charge is 0.425 e. The third-order valence-electron chi connectivity index (χ3n) is 4.62. The molecule has 8 heteroatoms. The molecule has 0 bridgehead atoms. The maximum absolute atomic E-state index is 6.10. The van der Waals surface area contributed by atoms with Crippen molar-refractivity contribution in [1.82, 2.24) is 25.0 Å². The van der Waals surface area contributed by atoms with Crippen LogP contribution in [-0.4, -0.2) is 25.0 Å². The van der Waals surface area contributed by atoms with Crippen molar-refractivity contribution in [3.05, 3.63) is 70.9 Å². The predicted octanol–water partition coefficient (Wildman–Crippen LogP) is 5.87. The van der Waals surface area contributed by atoms with E-state index in [1.54, 1.807) is 6.92 Å². The normalized spacial score (nSPS) is 11.8. The molecule has 0 fully saturated rings. The predicted molar refractivity (Wildman–Crippen MR) is 119 cm³/mol. The van der Waals surface area contributed by atoms with Crippen molar-refractivity contribution in [3.63, 3.8) is 0 Å². The zero-order valence-corrected chi connectivity index (χ0v) is 18.8. The summed E-state index contributed by atoms with van der Waals surface area (Å²) in [6, 6.07) is 16.1. The van der Waals surface area contributed by atoms with Crippen LogP contribution in [0.2, 0.25) is 5.02 Å². The van der Waals surface area contributed by atoms with Crippen LogP contribution in [0.15, 0.2) is 58.1 Å². The van der Waals surface area contributed by atoms with Crippen LogP contribution in [0.1, 0.15) is 38.1 Å². The van der Waals surface area contributed by atoms with Gasteiger partial charge in [0.05, 0.1) is 5.75 Å². The van der Waals surface area contributed by atoms with Gasteiger partial charge in [-0.1, -0.05) is 68.4 Å². The quantitative estimate of drug-likeness (QED) is 0.362. The summed E-state index contributed by atoms with van der Waals surface area (Å²) in [5.74, 6) is 2.38. The van der Waals surface area contributed by atoms with Gasteiger partial charge < -0.3 is 4.42 Å². The molecule has 0 aliphatic carbocycles. The number of halogens is 1. The fraction of sp³-hybridized carbons (Fsp3) is 0.273. The number of thioether (sulfide) groups is 1. The molecule has 0 spiro atoms. The van der Waals surface area contributed by atoms with Gasteiger partial charge >= 0.3 is 0 Å². The molecule has 30 heavy (non-hydrogen) atoms.